The van der Waals surface area contributed by atoms with Gasteiger partial charge in [0.1, 0.15) is 12.5 Å². The number of rotatable bonds is 4. The number of nitrogens with zero attached hydrogens (tertiary/aromatic N) is 3. The normalized spacial score (nSPS) is 24.8. The Bertz CT molecular complexity index is 855. The molecule has 28 heavy (non-hydrogen) atoms. The Morgan fingerprint density at radius 2 is 1.82 bits per heavy atom. The number of hydrogen-bond donors (Lipinski definition) is 0. The minimum absolute atomic E-state index is 0.0823. The molecule has 4 rings (SSSR count). The predicted molar refractivity (Wildman–Crippen MR) is 87.1 cm³/mol. The van der Waals surface area contributed by atoms with Gasteiger partial charge in [0.2, 0.25) is 6.10 Å². The van der Waals surface area contributed by atoms with Gasteiger partial charge in [-0.3, -0.25) is 0 Å². The fourth-order valence-electron chi connectivity index (χ4n) is 3.75. The molecular weight excluding hydrogens is 385 g/mol. The van der Waals surface area contributed by atoms with Gasteiger partial charge in [-0.25, -0.2) is 18.3 Å². The van der Waals surface area contributed by atoms with Crippen LogP contribution in [0.15, 0.2) is 36.5 Å². The topological polar surface area (TPSA) is 47.4 Å². The van der Waals surface area contributed by atoms with Crippen LogP contribution in [0.25, 0.3) is 5.69 Å². The number of fused-ring (bicyclic) bond motifs is 1. The van der Waals surface area contributed by atoms with E-state index in [1.807, 2.05) is 6.07 Å². The Labute approximate surface area is 156 Å². The molecule has 0 spiro atoms. The molecule has 10 heteroatoms. The number of aromatic nitrogens is 2. The van der Waals surface area contributed by atoms with Crippen LogP contribution in [0.5, 0.6) is 0 Å². The molecule has 4 atom stereocenters. The Balaban J connectivity index is 1.35. The summed E-state index contributed by atoms with van der Waals surface area (Å²) < 4.78 is 69.0. The number of carbonyl (C=O) groups excluding carboxylic acids is 1. The lowest BCUT2D eigenvalue weighted by Crippen LogP contribution is -2.41. The van der Waals surface area contributed by atoms with E-state index in [1.54, 1.807) is 23.0 Å². The maximum Gasteiger partial charge on any atom is 0.428 e. The van der Waals surface area contributed by atoms with E-state index in [9.17, 15) is 26.7 Å². The zero-order valence-electron chi connectivity index (χ0n) is 14.4. The van der Waals surface area contributed by atoms with Crippen LogP contribution in [-0.4, -0.2) is 52.8 Å². The summed E-state index contributed by atoms with van der Waals surface area (Å²) in [6.45, 7) is -1.32. The number of amides is 1. The predicted octanol–water partition coefficient (Wildman–Crippen LogP) is 3.69. The van der Waals surface area contributed by atoms with Gasteiger partial charge in [-0.2, -0.15) is 18.3 Å². The van der Waals surface area contributed by atoms with Gasteiger partial charge in [0.15, 0.2) is 0 Å². The van der Waals surface area contributed by atoms with Crippen LogP contribution in [0.1, 0.15) is 11.6 Å². The van der Waals surface area contributed by atoms with Crippen LogP contribution in [0, 0.1) is 17.7 Å². The zero-order chi connectivity index (χ0) is 20.1. The molecule has 2 heterocycles. The SMILES string of the molecule is O=C(O[C@H](CF)C(F)(F)F)N1C[C@@H]2C(c3ccn(-c4ccc(F)cc4)n3)[C@@H]2C1. The number of carbonyl (C=O) groups is 1. The molecule has 0 bridgehead atoms. The quantitative estimate of drug-likeness (QED) is 0.735. The maximum atomic E-state index is 13.0. The van der Waals surface area contributed by atoms with Gasteiger partial charge in [0.05, 0.1) is 11.4 Å². The Kier molecular flexibility index (Phi) is 4.51. The van der Waals surface area contributed by atoms with E-state index in [0.29, 0.717) is 5.69 Å². The van der Waals surface area contributed by atoms with E-state index in [0.717, 1.165) is 5.69 Å². The average molecular weight is 401 g/mol. The van der Waals surface area contributed by atoms with Crippen LogP contribution in [0.4, 0.5) is 26.7 Å². The highest BCUT2D eigenvalue weighted by Gasteiger charge is 2.59. The van der Waals surface area contributed by atoms with Crippen LogP contribution in [-0.2, 0) is 4.74 Å². The summed E-state index contributed by atoms with van der Waals surface area (Å²) in [5, 5.41) is 4.48. The number of alkyl halides is 4. The van der Waals surface area contributed by atoms with Crippen molar-refractivity contribution < 1.29 is 31.5 Å². The van der Waals surface area contributed by atoms with Crippen molar-refractivity contribution in [3.05, 3.63) is 48.0 Å². The maximum absolute atomic E-state index is 13.0. The van der Waals surface area contributed by atoms with Gasteiger partial charge in [0.25, 0.3) is 0 Å². The second-order valence-electron chi connectivity index (χ2n) is 6.99. The molecule has 150 valence electrons. The molecule has 1 saturated carbocycles. The highest BCUT2D eigenvalue weighted by Crippen LogP contribution is 2.57. The number of likely N-dealkylation sites (tertiary alicyclic amines) is 1. The second-order valence-corrected chi connectivity index (χ2v) is 6.99. The Hall–Kier alpha value is -2.65. The van der Waals surface area contributed by atoms with Gasteiger partial charge >= 0.3 is 12.3 Å². The summed E-state index contributed by atoms with van der Waals surface area (Å²) in [6.07, 6.45) is -7.07. The summed E-state index contributed by atoms with van der Waals surface area (Å²) in [6, 6.07) is 7.69. The highest BCUT2D eigenvalue weighted by molar-refractivity contribution is 5.69. The molecule has 1 aliphatic heterocycles. The van der Waals surface area contributed by atoms with Gasteiger partial charge in [0, 0.05) is 25.2 Å². The average Bonchev–Trinajstić information content (AvgIpc) is 3.04. The number of halogens is 5. The third-order valence-electron chi connectivity index (χ3n) is 5.24. The molecule has 1 saturated heterocycles. The van der Waals surface area contributed by atoms with Crippen molar-refractivity contribution in [1.82, 2.24) is 14.7 Å². The van der Waals surface area contributed by atoms with Crippen molar-refractivity contribution in [2.75, 3.05) is 19.8 Å². The smallest absolute Gasteiger partial charge is 0.428 e. The summed E-state index contributed by atoms with van der Waals surface area (Å²) >= 11 is 0. The lowest BCUT2D eigenvalue weighted by molar-refractivity contribution is -0.209. The van der Waals surface area contributed by atoms with Crippen molar-refractivity contribution in [2.45, 2.75) is 18.2 Å². The first kappa shape index (κ1) is 18.7. The van der Waals surface area contributed by atoms with Crippen LogP contribution < -0.4 is 0 Å². The van der Waals surface area contributed by atoms with E-state index in [4.69, 9.17) is 0 Å². The molecule has 5 nitrogen and oxygen atoms in total. The summed E-state index contributed by atoms with van der Waals surface area (Å²) in [5.74, 6) is -0.0802. The zero-order valence-corrected chi connectivity index (χ0v) is 14.4. The standard InChI is InChI=1S/C18H16F5N3O2/c19-7-15(18(21,22)23)28-17(27)25-8-12-13(9-25)16(12)14-5-6-26(24-14)11-3-1-10(20)2-4-11/h1-6,12-13,15-16H,7-9H2/t12-,13+,15-,16?/m1/s1. The fourth-order valence-corrected chi connectivity index (χ4v) is 3.75. The second kappa shape index (κ2) is 6.75. The van der Waals surface area contributed by atoms with Crippen molar-refractivity contribution in [3.63, 3.8) is 0 Å². The lowest BCUT2D eigenvalue weighted by Gasteiger charge is -2.23. The van der Waals surface area contributed by atoms with E-state index < -0.39 is 25.0 Å². The van der Waals surface area contributed by atoms with Crippen LogP contribution >= 0.6 is 0 Å². The molecule has 1 amide bonds. The number of benzene rings is 1. The molecule has 2 fully saturated rings. The van der Waals surface area contributed by atoms with Gasteiger partial charge in [-0.15, -0.1) is 0 Å². The first-order chi connectivity index (χ1) is 13.3. The third-order valence-corrected chi connectivity index (χ3v) is 5.24. The van der Waals surface area contributed by atoms with Crippen molar-refractivity contribution in [3.8, 4) is 5.69 Å². The minimum Gasteiger partial charge on any atom is -0.434 e. The summed E-state index contributed by atoms with van der Waals surface area (Å²) in [5.41, 5.74) is 1.51. The molecule has 1 unspecified atom stereocenters. The summed E-state index contributed by atoms with van der Waals surface area (Å²) in [4.78, 5) is 13.1. The van der Waals surface area contributed by atoms with Crippen molar-refractivity contribution in [2.24, 2.45) is 11.8 Å². The first-order valence-electron chi connectivity index (χ1n) is 8.67. The van der Waals surface area contributed by atoms with Gasteiger partial charge < -0.3 is 9.64 Å². The number of piperidine rings is 1. The largest absolute Gasteiger partial charge is 0.434 e. The van der Waals surface area contributed by atoms with Crippen molar-refractivity contribution >= 4 is 6.09 Å². The highest BCUT2D eigenvalue weighted by atomic mass is 19.4. The van der Waals surface area contributed by atoms with E-state index >= 15 is 0 Å². The van der Waals surface area contributed by atoms with E-state index in [-0.39, 0.29) is 36.7 Å². The van der Waals surface area contributed by atoms with E-state index in [2.05, 4.69) is 9.84 Å². The Morgan fingerprint density at radius 3 is 2.39 bits per heavy atom. The number of hydrogen-bond acceptors (Lipinski definition) is 3. The molecule has 2 aromatic rings. The van der Waals surface area contributed by atoms with Crippen molar-refractivity contribution in [1.29, 1.82) is 0 Å². The molecule has 1 aromatic carbocycles. The van der Waals surface area contributed by atoms with E-state index in [1.165, 1.54) is 17.0 Å². The van der Waals surface area contributed by atoms with Gasteiger partial charge in [-0.1, -0.05) is 0 Å². The Morgan fingerprint density at radius 1 is 1.18 bits per heavy atom. The molecule has 1 aromatic heterocycles. The van der Waals surface area contributed by atoms with Crippen LogP contribution in [0.2, 0.25) is 0 Å². The minimum atomic E-state index is -4.93. The van der Waals surface area contributed by atoms with Gasteiger partial charge in [-0.05, 0) is 42.2 Å². The van der Waals surface area contributed by atoms with Crippen LogP contribution in [0.3, 0.4) is 0 Å². The molecule has 0 radical (unpaired) electrons. The monoisotopic (exact) mass is 401 g/mol. The summed E-state index contributed by atoms with van der Waals surface area (Å²) in [7, 11) is 0. The fraction of sp³-hybridized carbons (Fsp3) is 0.444. The number of ether oxygens (including phenoxy) is 1. The first-order valence-corrected chi connectivity index (χ1v) is 8.67. The molecule has 2 aliphatic rings. The molecule has 0 N–H and O–H groups in total. The molecule has 1 aliphatic carbocycles. The molecular formula is C18H16F5N3O2. The lowest BCUT2D eigenvalue weighted by atomic mass is 10.2. The third kappa shape index (κ3) is 3.43.